The van der Waals surface area contributed by atoms with Crippen molar-refractivity contribution < 1.29 is 27.5 Å². The number of ether oxygens (including phenoxy) is 2. The molecule has 0 spiro atoms. The molecule has 1 amide bonds. The van der Waals surface area contributed by atoms with Crippen molar-refractivity contribution in [1.29, 1.82) is 0 Å². The van der Waals surface area contributed by atoms with Crippen LogP contribution in [0.5, 0.6) is 5.75 Å². The van der Waals surface area contributed by atoms with Gasteiger partial charge in [-0.2, -0.15) is 4.31 Å². The molecule has 34 heavy (non-hydrogen) atoms. The molecule has 9 heteroatoms. The number of rotatable bonds is 4. The Morgan fingerprint density at radius 2 is 1.74 bits per heavy atom. The SMILES string of the molecule is COC(=O)[C@@H]1CN(C(=O)[C@H]2CCCN(S(=O)(=O)c3c(C)cc(C)cc3C)C2)c2ccccc2O1. The minimum absolute atomic E-state index is 0.0158. The maximum Gasteiger partial charge on any atom is 0.348 e. The van der Waals surface area contributed by atoms with E-state index in [0.717, 1.165) is 5.56 Å². The number of benzene rings is 2. The number of anilines is 1. The van der Waals surface area contributed by atoms with Gasteiger partial charge in [-0.15, -0.1) is 0 Å². The highest BCUT2D eigenvalue weighted by atomic mass is 32.2. The summed E-state index contributed by atoms with van der Waals surface area (Å²) in [5.41, 5.74) is 2.98. The molecule has 1 saturated heterocycles. The number of sulfonamides is 1. The number of hydrogen-bond acceptors (Lipinski definition) is 6. The first-order valence-corrected chi connectivity index (χ1v) is 12.8. The molecular weight excluding hydrogens is 456 g/mol. The van der Waals surface area contributed by atoms with Crippen LogP contribution in [0.3, 0.4) is 0 Å². The lowest BCUT2D eigenvalue weighted by molar-refractivity contribution is -0.148. The van der Waals surface area contributed by atoms with Crippen LogP contribution in [0.25, 0.3) is 0 Å². The summed E-state index contributed by atoms with van der Waals surface area (Å²) in [6, 6.07) is 10.8. The fraction of sp³-hybridized carbons (Fsp3) is 0.440. The quantitative estimate of drug-likeness (QED) is 0.617. The Hall–Kier alpha value is -2.91. The van der Waals surface area contributed by atoms with Crippen molar-refractivity contribution in [2.75, 3.05) is 31.6 Å². The molecule has 0 radical (unpaired) electrons. The topological polar surface area (TPSA) is 93.2 Å². The van der Waals surface area contributed by atoms with Gasteiger partial charge in [0.15, 0.2) is 0 Å². The van der Waals surface area contributed by atoms with Crippen molar-refractivity contribution >= 4 is 27.6 Å². The normalized spacial score (nSPS) is 20.9. The number of methoxy groups -OCH3 is 1. The zero-order valence-electron chi connectivity index (χ0n) is 19.9. The number of aryl methyl sites for hydroxylation is 3. The smallest absolute Gasteiger partial charge is 0.348 e. The molecular formula is C25H30N2O6S. The van der Waals surface area contributed by atoms with Crippen LogP contribution >= 0.6 is 0 Å². The Kier molecular flexibility index (Phi) is 6.69. The monoisotopic (exact) mass is 486 g/mol. The van der Waals surface area contributed by atoms with Gasteiger partial charge in [0.05, 0.1) is 30.2 Å². The molecule has 2 aromatic rings. The van der Waals surface area contributed by atoms with E-state index in [1.54, 1.807) is 38.1 Å². The number of carbonyl (C=O) groups is 2. The number of amides is 1. The van der Waals surface area contributed by atoms with Gasteiger partial charge in [0, 0.05) is 13.1 Å². The summed E-state index contributed by atoms with van der Waals surface area (Å²) < 4.78 is 39.2. The summed E-state index contributed by atoms with van der Waals surface area (Å²) in [5.74, 6) is -0.893. The molecule has 0 bridgehead atoms. The molecule has 2 heterocycles. The second kappa shape index (κ2) is 9.38. The first-order valence-electron chi connectivity index (χ1n) is 11.4. The van der Waals surface area contributed by atoms with Gasteiger partial charge >= 0.3 is 5.97 Å². The van der Waals surface area contributed by atoms with Crippen molar-refractivity contribution in [3.05, 3.63) is 53.1 Å². The van der Waals surface area contributed by atoms with Gasteiger partial charge < -0.3 is 14.4 Å². The molecule has 0 aromatic heterocycles. The Bertz CT molecular complexity index is 1200. The maximum absolute atomic E-state index is 13.7. The molecule has 4 rings (SSSR count). The second-order valence-corrected chi connectivity index (χ2v) is 10.9. The van der Waals surface area contributed by atoms with Crippen LogP contribution in [-0.4, -0.2) is 57.4 Å². The third kappa shape index (κ3) is 4.42. The van der Waals surface area contributed by atoms with Gasteiger partial charge in [0.2, 0.25) is 22.0 Å². The number of hydrogen-bond donors (Lipinski definition) is 0. The van der Waals surface area contributed by atoms with Crippen LogP contribution in [0.2, 0.25) is 0 Å². The van der Waals surface area contributed by atoms with E-state index in [1.807, 2.05) is 19.1 Å². The molecule has 182 valence electrons. The van der Waals surface area contributed by atoms with E-state index in [1.165, 1.54) is 16.3 Å². The van der Waals surface area contributed by atoms with Crippen LogP contribution in [0.4, 0.5) is 5.69 Å². The number of nitrogens with zero attached hydrogens (tertiary/aromatic N) is 2. The van der Waals surface area contributed by atoms with Gasteiger partial charge in [0.25, 0.3) is 0 Å². The van der Waals surface area contributed by atoms with Crippen molar-refractivity contribution in [3.63, 3.8) is 0 Å². The molecule has 0 saturated carbocycles. The van der Waals surface area contributed by atoms with E-state index in [9.17, 15) is 18.0 Å². The first kappa shape index (κ1) is 24.2. The van der Waals surface area contributed by atoms with E-state index < -0.39 is 28.0 Å². The first-order chi connectivity index (χ1) is 16.1. The second-order valence-electron chi connectivity index (χ2n) is 8.98. The van der Waals surface area contributed by atoms with Crippen LogP contribution in [0.15, 0.2) is 41.3 Å². The van der Waals surface area contributed by atoms with Crippen LogP contribution in [-0.2, 0) is 24.3 Å². The summed E-state index contributed by atoms with van der Waals surface area (Å²) in [6.07, 6.45) is 0.204. The Balaban J connectivity index is 1.61. The minimum Gasteiger partial charge on any atom is -0.475 e. The lowest BCUT2D eigenvalue weighted by Gasteiger charge is -2.38. The van der Waals surface area contributed by atoms with E-state index in [-0.39, 0.29) is 19.0 Å². The minimum atomic E-state index is -3.76. The number of para-hydroxylation sites is 2. The summed E-state index contributed by atoms with van der Waals surface area (Å²) >= 11 is 0. The highest BCUT2D eigenvalue weighted by molar-refractivity contribution is 7.89. The Morgan fingerprint density at radius 3 is 2.41 bits per heavy atom. The van der Waals surface area contributed by atoms with Gasteiger partial charge in [0.1, 0.15) is 5.75 Å². The maximum atomic E-state index is 13.7. The van der Waals surface area contributed by atoms with Gasteiger partial charge in [-0.1, -0.05) is 29.8 Å². The van der Waals surface area contributed by atoms with E-state index in [4.69, 9.17) is 9.47 Å². The summed E-state index contributed by atoms with van der Waals surface area (Å²) in [5, 5.41) is 0. The Labute approximate surface area is 200 Å². The zero-order valence-corrected chi connectivity index (χ0v) is 20.7. The standard InChI is InChI=1S/C25H30N2O6S/c1-16-12-17(2)23(18(3)13-16)34(30,31)26-11-7-8-19(14-26)24(28)27-15-22(25(29)32-4)33-21-10-6-5-9-20(21)27/h5-6,9-10,12-13,19,22H,7-8,11,14-15H2,1-4H3/t19-,22-/m0/s1. The molecule has 8 nitrogen and oxygen atoms in total. The summed E-state index contributed by atoms with van der Waals surface area (Å²) in [6.45, 7) is 6.02. The fourth-order valence-corrected chi connectivity index (χ4v) is 6.92. The number of fused-ring (bicyclic) bond motifs is 1. The molecule has 2 atom stereocenters. The third-order valence-corrected chi connectivity index (χ3v) is 8.61. The lowest BCUT2D eigenvalue weighted by atomic mass is 9.97. The van der Waals surface area contributed by atoms with E-state index >= 15 is 0 Å². The molecule has 0 aliphatic carbocycles. The van der Waals surface area contributed by atoms with Gasteiger partial charge in [-0.05, 0) is 56.9 Å². The molecule has 0 N–H and O–H groups in total. The van der Waals surface area contributed by atoms with Crippen molar-refractivity contribution in [2.24, 2.45) is 5.92 Å². The third-order valence-electron chi connectivity index (χ3n) is 6.44. The van der Waals surface area contributed by atoms with Crippen LogP contribution < -0.4 is 9.64 Å². The number of esters is 1. The largest absolute Gasteiger partial charge is 0.475 e. The summed E-state index contributed by atoms with van der Waals surface area (Å²) in [4.78, 5) is 27.7. The van der Waals surface area contributed by atoms with Crippen molar-refractivity contribution in [1.82, 2.24) is 4.31 Å². The number of carbonyl (C=O) groups excluding carboxylic acids is 2. The highest BCUT2D eigenvalue weighted by Gasteiger charge is 2.40. The van der Waals surface area contributed by atoms with Crippen LogP contribution in [0.1, 0.15) is 29.5 Å². The molecule has 0 unspecified atom stereocenters. The zero-order chi connectivity index (χ0) is 24.6. The van der Waals surface area contributed by atoms with Gasteiger partial charge in [-0.25, -0.2) is 13.2 Å². The van der Waals surface area contributed by atoms with Crippen LogP contribution in [0, 0.1) is 26.7 Å². The van der Waals surface area contributed by atoms with Crippen molar-refractivity contribution in [2.45, 2.75) is 44.6 Å². The lowest BCUT2D eigenvalue weighted by Crippen LogP contribution is -2.52. The Morgan fingerprint density at radius 1 is 1.06 bits per heavy atom. The molecule has 2 aliphatic rings. The molecule has 1 fully saturated rings. The van der Waals surface area contributed by atoms with E-state index in [2.05, 4.69) is 0 Å². The van der Waals surface area contributed by atoms with Crippen molar-refractivity contribution in [3.8, 4) is 5.75 Å². The number of piperidine rings is 1. The average Bonchev–Trinajstić information content (AvgIpc) is 2.81. The average molecular weight is 487 g/mol. The highest BCUT2D eigenvalue weighted by Crippen LogP contribution is 2.36. The van der Waals surface area contributed by atoms with Gasteiger partial charge in [-0.3, -0.25) is 4.79 Å². The fourth-order valence-electron chi connectivity index (χ4n) is 4.98. The van der Waals surface area contributed by atoms with E-state index in [0.29, 0.717) is 46.8 Å². The molecule has 2 aromatic carbocycles. The predicted molar refractivity (Wildman–Crippen MR) is 127 cm³/mol. The predicted octanol–water partition coefficient (Wildman–Crippen LogP) is 2.98. The molecule has 2 aliphatic heterocycles. The summed E-state index contributed by atoms with van der Waals surface area (Å²) in [7, 11) is -2.49.